The van der Waals surface area contributed by atoms with Gasteiger partial charge >= 0.3 is 0 Å². The third-order valence-corrected chi connectivity index (χ3v) is 2.82. The van der Waals surface area contributed by atoms with E-state index in [0.29, 0.717) is 0 Å². The van der Waals surface area contributed by atoms with Gasteiger partial charge in [-0.25, -0.2) is 0 Å². The normalized spacial score (nSPS) is 10.1. The van der Waals surface area contributed by atoms with Crippen LogP contribution in [0.3, 0.4) is 0 Å². The largest absolute Gasteiger partial charge is 0.398 e. The third-order valence-electron chi connectivity index (χ3n) is 2.82. The van der Waals surface area contributed by atoms with Crippen LogP contribution in [-0.4, -0.2) is 5.91 Å². The Kier molecular flexibility index (Phi) is 3.33. The molecule has 18 heavy (non-hydrogen) atoms. The maximum absolute atomic E-state index is 10.9. The Hall–Kier alpha value is -2.29. The molecule has 92 valence electrons. The summed E-state index contributed by atoms with van der Waals surface area (Å²) in [5, 5.41) is 2.74. The van der Waals surface area contributed by atoms with E-state index >= 15 is 0 Å². The lowest BCUT2D eigenvalue weighted by Crippen LogP contribution is -2.05. The van der Waals surface area contributed by atoms with E-state index in [1.807, 2.05) is 49.4 Å². The number of carbonyl (C=O) groups excluding carboxylic acids is 1. The number of carbonyl (C=O) groups is 1. The lowest BCUT2D eigenvalue weighted by Gasteiger charge is -2.07. The fraction of sp³-hybridized carbons (Fsp3) is 0.133. The van der Waals surface area contributed by atoms with Crippen LogP contribution in [0.5, 0.6) is 0 Å². The average molecular weight is 240 g/mol. The van der Waals surface area contributed by atoms with Crippen LogP contribution >= 0.6 is 0 Å². The summed E-state index contributed by atoms with van der Waals surface area (Å²) in [6, 6.07) is 13.7. The van der Waals surface area contributed by atoms with Gasteiger partial charge in [-0.1, -0.05) is 24.3 Å². The smallest absolute Gasteiger partial charge is 0.221 e. The summed E-state index contributed by atoms with van der Waals surface area (Å²) < 4.78 is 0. The molecule has 2 rings (SSSR count). The van der Waals surface area contributed by atoms with Gasteiger partial charge in [0.05, 0.1) is 0 Å². The summed E-state index contributed by atoms with van der Waals surface area (Å²) >= 11 is 0. The number of aryl methyl sites for hydroxylation is 1. The van der Waals surface area contributed by atoms with Crippen LogP contribution in [0.2, 0.25) is 0 Å². The Morgan fingerprint density at radius 2 is 1.67 bits per heavy atom. The highest BCUT2D eigenvalue weighted by Crippen LogP contribution is 2.24. The number of nitrogen functional groups attached to an aromatic ring is 1. The van der Waals surface area contributed by atoms with Gasteiger partial charge in [0.2, 0.25) is 5.91 Å². The van der Waals surface area contributed by atoms with E-state index in [4.69, 9.17) is 5.73 Å². The van der Waals surface area contributed by atoms with E-state index in [9.17, 15) is 4.79 Å². The van der Waals surface area contributed by atoms with Crippen LogP contribution in [0.25, 0.3) is 11.1 Å². The maximum atomic E-state index is 10.9. The van der Waals surface area contributed by atoms with Gasteiger partial charge in [-0.05, 0) is 41.8 Å². The minimum Gasteiger partial charge on any atom is -0.398 e. The molecule has 2 aromatic rings. The van der Waals surface area contributed by atoms with Crippen LogP contribution in [0, 0.1) is 6.92 Å². The van der Waals surface area contributed by atoms with Gasteiger partial charge < -0.3 is 11.1 Å². The first kappa shape index (κ1) is 12.2. The van der Waals surface area contributed by atoms with Gasteiger partial charge in [0.25, 0.3) is 0 Å². The SMILES string of the molecule is CC(=O)Nc1ccc(-c2ccc(C)c(N)c2)cc1. The standard InChI is InChI=1S/C15H16N2O/c1-10-3-4-13(9-15(10)16)12-5-7-14(8-6-12)17-11(2)18/h3-9H,16H2,1-2H3,(H,17,18). The number of nitrogens with two attached hydrogens (primary N) is 1. The van der Waals surface area contributed by atoms with E-state index < -0.39 is 0 Å². The zero-order valence-electron chi connectivity index (χ0n) is 10.5. The fourth-order valence-corrected chi connectivity index (χ4v) is 1.77. The summed E-state index contributed by atoms with van der Waals surface area (Å²) in [5.41, 5.74) is 10.7. The molecule has 0 spiro atoms. The summed E-state index contributed by atoms with van der Waals surface area (Å²) in [4.78, 5) is 10.9. The Balaban J connectivity index is 2.28. The second kappa shape index (κ2) is 4.92. The monoisotopic (exact) mass is 240 g/mol. The Bertz CT molecular complexity index is 574. The van der Waals surface area contributed by atoms with Gasteiger partial charge in [0, 0.05) is 18.3 Å². The number of rotatable bonds is 2. The zero-order chi connectivity index (χ0) is 13.1. The fourth-order valence-electron chi connectivity index (χ4n) is 1.77. The predicted molar refractivity (Wildman–Crippen MR) is 75.3 cm³/mol. The van der Waals surface area contributed by atoms with Crippen LogP contribution in [0.4, 0.5) is 11.4 Å². The molecule has 1 amide bonds. The average Bonchev–Trinajstić information content (AvgIpc) is 2.33. The van der Waals surface area contributed by atoms with Crippen LogP contribution in [0.1, 0.15) is 12.5 Å². The van der Waals surface area contributed by atoms with Crippen LogP contribution < -0.4 is 11.1 Å². The molecule has 0 radical (unpaired) electrons. The van der Waals surface area contributed by atoms with Crippen molar-refractivity contribution in [2.45, 2.75) is 13.8 Å². The second-order valence-corrected chi connectivity index (χ2v) is 4.33. The van der Waals surface area contributed by atoms with Crippen molar-refractivity contribution in [2.75, 3.05) is 11.1 Å². The van der Waals surface area contributed by atoms with Crippen molar-refractivity contribution in [3.63, 3.8) is 0 Å². The number of hydrogen-bond donors (Lipinski definition) is 2. The number of amides is 1. The quantitative estimate of drug-likeness (QED) is 0.792. The topological polar surface area (TPSA) is 55.1 Å². The highest BCUT2D eigenvalue weighted by atomic mass is 16.1. The van der Waals surface area contributed by atoms with Crippen molar-refractivity contribution < 1.29 is 4.79 Å². The summed E-state index contributed by atoms with van der Waals surface area (Å²) in [5.74, 6) is -0.0673. The number of benzene rings is 2. The molecule has 0 bridgehead atoms. The van der Waals surface area contributed by atoms with Gasteiger partial charge in [0.15, 0.2) is 0 Å². The van der Waals surface area contributed by atoms with E-state index in [1.54, 1.807) is 0 Å². The summed E-state index contributed by atoms with van der Waals surface area (Å²) in [6.07, 6.45) is 0. The molecule has 0 aromatic heterocycles. The highest BCUT2D eigenvalue weighted by Gasteiger charge is 2.01. The van der Waals surface area contributed by atoms with E-state index in [1.165, 1.54) is 6.92 Å². The van der Waals surface area contributed by atoms with Gasteiger partial charge in [-0.2, -0.15) is 0 Å². The van der Waals surface area contributed by atoms with Crippen LogP contribution in [0.15, 0.2) is 42.5 Å². The molecule has 3 heteroatoms. The van der Waals surface area contributed by atoms with Gasteiger partial charge in [0.1, 0.15) is 0 Å². The molecule has 0 heterocycles. The van der Waals surface area contributed by atoms with E-state index in [-0.39, 0.29) is 5.91 Å². The van der Waals surface area contributed by atoms with Crippen LogP contribution in [-0.2, 0) is 4.79 Å². The van der Waals surface area contributed by atoms with Crippen molar-refractivity contribution in [1.82, 2.24) is 0 Å². The molecule has 0 fully saturated rings. The molecule has 0 atom stereocenters. The predicted octanol–water partition coefficient (Wildman–Crippen LogP) is 3.20. The third kappa shape index (κ3) is 2.69. The lowest BCUT2D eigenvalue weighted by molar-refractivity contribution is -0.114. The Morgan fingerprint density at radius 3 is 2.22 bits per heavy atom. The first-order valence-corrected chi connectivity index (χ1v) is 5.80. The molecule has 0 saturated heterocycles. The molecule has 0 aliphatic carbocycles. The van der Waals surface area contributed by atoms with Crippen molar-refractivity contribution in [3.05, 3.63) is 48.0 Å². The minimum atomic E-state index is -0.0673. The highest BCUT2D eigenvalue weighted by molar-refractivity contribution is 5.89. The van der Waals surface area contributed by atoms with Crippen molar-refractivity contribution in [3.8, 4) is 11.1 Å². The maximum Gasteiger partial charge on any atom is 0.221 e. The van der Waals surface area contributed by atoms with Crippen molar-refractivity contribution in [2.24, 2.45) is 0 Å². The van der Waals surface area contributed by atoms with Gasteiger partial charge in [-0.15, -0.1) is 0 Å². The summed E-state index contributed by atoms with van der Waals surface area (Å²) in [6.45, 7) is 3.48. The Labute approximate surface area is 107 Å². The summed E-state index contributed by atoms with van der Waals surface area (Å²) in [7, 11) is 0. The second-order valence-electron chi connectivity index (χ2n) is 4.33. The van der Waals surface area contributed by atoms with Gasteiger partial charge in [-0.3, -0.25) is 4.79 Å². The molecular formula is C15H16N2O. The molecule has 0 saturated carbocycles. The number of hydrogen-bond acceptors (Lipinski definition) is 2. The minimum absolute atomic E-state index is 0.0673. The Morgan fingerprint density at radius 1 is 1.06 bits per heavy atom. The van der Waals surface area contributed by atoms with Crippen molar-refractivity contribution in [1.29, 1.82) is 0 Å². The zero-order valence-corrected chi connectivity index (χ0v) is 10.5. The number of anilines is 2. The molecule has 0 aliphatic rings. The number of nitrogens with one attached hydrogen (secondary N) is 1. The molecule has 3 nitrogen and oxygen atoms in total. The molecule has 3 N–H and O–H groups in total. The molecule has 2 aromatic carbocycles. The molecule has 0 aliphatic heterocycles. The molecule has 0 unspecified atom stereocenters. The molecular weight excluding hydrogens is 224 g/mol. The first-order chi connectivity index (χ1) is 8.56. The lowest BCUT2D eigenvalue weighted by atomic mass is 10.0. The first-order valence-electron chi connectivity index (χ1n) is 5.80. The van der Waals surface area contributed by atoms with Crippen molar-refractivity contribution >= 4 is 17.3 Å². The van der Waals surface area contributed by atoms with E-state index in [0.717, 1.165) is 28.1 Å². The van der Waals surface area contributed by atoms with E-state index in [2.05, 4.69) is 5.32 Å².